The molecule has 1 aliphatic rings. The minimum Gasteiger partial charge on any atom is -0.460 e. The lowest BCUT2D eigenvalue weighted by Gasteiger charge is -2.26. The Balaban J connectivity index is 1.87. The predicted molar refractivity (Wildman–Crippen MR) is 145 cm³/mol. The molecule has 202 valence electrons. The first-order valence-electron chi connectivity index (χ1n) is 13.3. The molecule has 3 amide bonds. The van der Waals surface area contributed by atoms with Crippen molar-refractivity contribution in [3.05, 3.63) is 35.2 Å². The Hall–Kier alpha value is -2.94. The molecule has 1 saturated heterocycles. The van der Waals surface area contributed by atoms with Crippen molar-refractivity contribution >= 4 is 45.1 Å². The average Bonchev–Trinajstić information content (AvgIpc) is 3.28. The van der Waals surface area contributed by atoms with E-state index in [0.717, 1.165) is 34.2 Å². The largest absolute Gasteiger partial charge is 0.460 e. The van der Waals surface area contributed by atoms with Gasteiger partial charge >= 0.3 is 5.97 Å². The van der Waals surface area contributed by atoms with Crippen LogP contribution in [-0.4, -0.2) is 47.9 Å². The normalized spacial score (nSPS) is 24.6. The van der Waals surface area contributed by atoms with E-state index in [9.17, 15) is 19.2 Å². The number of unbranched alkanes of at least 4 members (excludes halogenated alkanes) is 2. The lowest BCUT2D eigenvalue weighted by molar-refractivity contribution is -0.156. The summed E-state index contributed by atoms with van der Waals surface area (Å²) in [7, 11) is 0. The molecule has 0 bridgehead atoms. The van der Waals surface area contributed by atoms with Crippen molar-refractivity contribution in [3.8, 4) is 0 Å². The van der Waals surface area contributed by atoms with Gasteiger partial charge in [-0.3, -0.25) is 14.4 Å². The summed E-state index contributed by atoms with van der Waals surface area (Å²) in [5.74, 6) is -1.99. The highest BCUT2D eigenvalue weighted by atomic mass is 32.1. The van der Waals surface area contributed by atoms with Gasteiger partial charge < -0.3 is 20.7 Å². The molecule has 2 aromatic rings. The fourth-order valence-electron chi connectivity index (χ4n) is 4.40. The Morgan fingerprint density at radius 3 is 2.49 bits per heavy atom. The second kappa shape index (κ2) is 13.6. The summed E-state index contributed by atoms with van der Waals surface area (Å²) in [5.41, 5.74) is 0. The van der Waals surface area contributed by atoms with Crippen LogP contribution >= 0.6 is 11.3 Å². The third-order valence-electron chi connectivity index (χ3n) is 6.88. The number of cyclic esters (lactones) is 1. The monoisotopic (exact) mass is 529 g/mol. The SMILES string of the molecule is CCCCC[C@@H]1CC(=O)N[C@@H](Cc2cc3ccccc3s2)C(=O)N[C@@H](C)C(=O)N[C@H]([C@@H](C)CC)C(=O)O1. The molecule has 9 heteroatoms. The number of hydrogen-bond donors (Lipinski definition) is 3. The Morgan fingerprint density at radius 1 is 1.03 bits per heavy atom. The zero-order chi connectivity index (χ0) is 26.9. The van der Waals surface area contributed by atoms with Gasteiger partial charge in [0.2, 0.25) is 17.7 Å². The number of fused-ring (bicyclic) bond motifs is 1. The van der Waals surface area contributed by atoms with Crippen LogP contribution in [0.25, 0.3) is 10.1 Å². The van der Waals surface area contributed by atoms with Gasteiger partial charge in [-0.2, -0.15) is 0 Å². The number of benzene rings is 1. The number of ether oxygens (including phenoxy) is 1. The predicted octanol–water partition coefficient (Wildman–Crippen LogP) is 3.86. The van der Waals surface area contributed by atoms with E-state index in [0.29, 0.717) is 19.3 Å². The van der Waals surface area contributed by atoms with Gasteiger partial charge in [-0.15, -0.1) is 11.3 Å². The Morgan fingerprint density at radius 2 is 1.78 bits per heavy atom. The first-order chi connectivity index (χ1) is 17.7. The first-order valence-corrected chi connectivity index (χ1v) is 14.1. The molecule has 3 rings (SSSR count). The van der Waals surface area contributed by atoms with Crippen LogP contribution in [0.4, 0.5) is 0 Å². The number of esters is 1. The molecule has 1 aromatic carbocycles. The summed E-state index contributed by atoms with van der Waals surface area (Å²) in [6.07, 6.45) is 3.57. The Bertz CT molecular complexity index is 1070. The standard InChI is InChI=1S/C28H39N3O5S/c1-5-7-8-12-20-15-24(32)30-22(16-21-14-19-11-9-10-13-23(19)37-21)27(34)29-18(4)26(33)31-25(17(3)6-2)28(35)36-20/h9-11,13-14,17-18,20,22,25H,5-8,12,15-16H2,1-4H3,(H,29,34)(H,30,32)(H,31,33)/t17-,18-,20+,22-,25+/m0/s1. The maximum atomic E-state index is 13.3. The van der Waals surface area contributed by atoms with Crippen molar-refractivity contribution in [3.63, 3.8) is 0 Å². The molecule has 1 fully saturated rings. The van der Waals surface area contributed by atoms with Crippen molar-refractivity contribution in [1.82, 2.24) is 16.0 Å². The molecular formula is C28H39N3O5S. The molecule has 3 N–H and O–H groups in total. The number of nitrogens with one attached hydrogen (secondary N) is 3. The van der Waals surface area contributed by atoms with Crippen molar-refractivity contribution in [2.45, 2.75) is 96.9 Å². The molecule has 0 aliphatic carbocycles. The average molecular weight is 530 g/mol. The van der Waals surface area contributed by atoms with E-state index < -0.39 is 42.0 Å². The van der Waals surface area contributed by atoms with Crippen LogP contribution < -0.4 is 16.0 Å². The lowest BCUT2D eigenvalue weighted by atomic mass is 9.98. The second-order valence-corrected chi connectivity index (χ2v) is 11.1. The van der Waals surface area contributed by atoms with E-state index in [1.54, 1.807) is 18.3 Å². The minimum atomic E-state index is -0.894. The number of amides is 3. The Kier molecular flexibility index (Phi) is 10.5. The molecule has 0 spiro atoms. The number of hydrogen-bond acceptors (Lipinski definition) is 6. The van der Waals surface area contributed by atoms with Crippen LogP contribution in [-0.2, 0) is 30.3 Å². The summed E-state index contributed by atoms with van der Waals surface area (Å²) < 4.78 is 6.90. The van der Waals surface area contributed by atoms with Crippen LogP contribution in [0.15, 0.2) is 30.3 Å². The zero-order valence-corrected chi connectivity index (χ0v) is 23.0. The highest BCUT2D eigenvalue weighted by Gasteiger charge is 2.34. The van der Waals surface area contributed by atoms with Gasteiger partial charge in [-0.05, 0) is 43.2 Å². The molecule has 0 saturated carbocycles. The van der Waals surface area contributed by atoms with Crippen LogP contribution in [0.2, 0.25) is 0 Å². The van der Waals surface area contributed by atoms with Gasteiger partial charge in [-0.25, -0.2) is 4.79 Å². The van der Waals surface area contributed by atoms with Crippen LogP contribution in [0, 0.1) is 5.92 Å². The van der Waals surface area contributed by atoms with E-state index in [4.69, 9.17) is 4.74 Å². The molecule has 8 nitrogen and oxygen atoms in total. The van der Waals surface area contributed by atoms with Gasteiger partial charge in [0.25, 0.3) is 0 Å². The third kappa shape index (κ3) is 8.02. The molecule has 37 heavy (non-hydrogen) atoms. The van der Waals surface area contributed by atoms with Crippen LogP contribution in [0.5, 0.6) is 0 Å². The number of rotatable bonds is 8. The maximum Gasteiger partial charge on any atom is 0.329 e. The topological polar surface area (TPSA) is 114 Å². The molecule has 2 heterocycles. The molecule has 5 atom stereocenters. The van der Waals surface area contributed by atoms with E-state index >= 15 is 0 Å². The van der Waals surface area contributed by atoms with E-state index in [2.05, 4.69) is 22.9 Å². The lowest BCUT2D eigenvalue weighted by Crippen LogP contribution is -2.55. The zero-order valence-electron chi connectivity index (χ0n) is 22.2. The van der Waals surface area contributed by atoms with E-state index in [-0.39, 0.29) is 18.2 Å². The van der Waals surface area contributed by atoms with Gasteiger partial charge in [0.15, 0.2) is 0 Å². The quantitative estimate of drug-likeness (QED) is 0.355. The van der Waals surface area contributed by atoms with Gasteiger partial charge in [0, 0.05) is 16.0 Å². The van der Waals surface area contributed by atoms with Crippen molar-refractivity contribution in [2.75, 3.05) is 0 Å². The number of thiophene rings is 1. The minimum absolute atomic E-state index is 0.0393. The fourth-order valence-corrected chi connectivity index (χ4v) is 5.51. The van der Waals surface area contributed by atoms with E-state index in [1.807, 2.05) is 44.2 Å². The molecule has 0 unspecified atom stereocenters. The van der Waals surface area contributed by atoms with Crippen LogP contribution in [0.3, 0.4) is 0 Å². The van der Waals surface area contributed by atoms with Gasteiger partial charge in [0.05, 0.1) is 6.42 Å². The van der Waals surface area contributed by atoms with Gasteiger partial charge in [-0.1, -0.05) is 58.2 Å². The first kappa shape index (κ1) is 28.6. The fraction of sp³-hybridized carbons (Fsp3) is 0.571. The van der Waals surface area contributed by atoms with Crippen molar-refractivity contribution in [2.24, 2.45) is 5.92 Å². The molecule has 0 radical (unpaired) electrons. The van der Waals surface area contributed by atoms with Crippen molar-refractivity contribution < 1.29 is 23.9 Å². The van der Waals surface area contributed by atoms with Crippen LogP contribution in [0.1, 0.15) is 71.1 Å². The second-order valence-electron chi connectivity index (χ2n) is 9.94. The highest BCUT2D eigenvalue weighted by molar-refractivity contribution is 7.19. The summed E-state index contributed by atoms with van der Waals surface area (Å²) in [6.45, 7) is 7.45. The maximum absolute atomic E-state index is 13.3. The molecular weight excluding hydrogens is 490 g/mol. The van der Waals surface area contributed by atoms with Gasteiger partial charge in [0.1, 0.15) is 24.2 Å². The summed E-state index contributed by atoms with van der Waals surface area (Å²) in [4.78, 5) is 53.4. The molecule has 1 aromatic heterocycles. The van der Waals surface area contributed by atoms with E-state index in [1.165, 1.54) is 0 Å². The molecule has 1 aliphatic heterocycles. The number of carbonyl (C=O) groups excluding carboxylic acids is 4. The smallest absolute Gasteiger partial charge is 0.329 e. The number of carbonyl (C=O) groups is 4. The summed E-state index contributed by atoms with van der Waals surface area (Å²) in [6, 6.07) is 7.34. The van der Waals surface area contributed by atoms with Crippen molar-refractivity contribution in [1.29, 1.82) is 0 Å². The third-order valence-corrected chi connectivity index (χ3v) is 8.01. The highest BCUT2D eigenvalue weighted by Crippen LogP contribution is 2.26. The summed E-state index contributed by atoms with van der Waals surface area (Å²) >= 11 is 1.57. The summed E-state index contributed by atoms with van der Waals surface area (Å²) in [5, 5.41) is 9.42. The Labute approximate surface area is 222 Å².